The third-order valence-electron chi connectivity index (χ3n) is 8.12. The molecule has 1 aliphatic heterocycles. The van der Waals surface area contributed by atoms with Crippen LogP contribution in [0.25, 0.3) is 0 Å². The number of nitrogens with one attached hydrogen (secondary N) is 2. The topological polar surface area (TPSA) is 79.8 Å². The number of rotatable bonds is 20. The first-order chi connectivity index (χ1) is 18.7. The second-order valence-electron chi connectivity index (χ2n) is 11.4. The van der Waals surface area contributed by atoms with Crippen molar-refractivity contribution >= 4 is 5.91 Å². The van der Waals surface area contributed by atoms with Crippen LogP contribution < -0.4 is 20.1 Å². The quantitative estimate of drug-likeness (QED) is 0.151. The van der Waals surface area contributed by atoms with E-state index in [2.05, 4.69) is 17.6 Å². The molecule has 1 aliphatic carbocycles. The van der Waals surface area contributed by atoms with Crippen LogP contribution in [0.1, 0.15) is 137 Å². The van der Waals surface area contributed by atoms with Gasteiger partial charge in [-0.2, -0.15) is 0 Å². The molecule has 3 rings (SSSR count). The minimum absolute atomic E-state index is 0. The summed E-state index contributed by atoms with van der Waals surface area (Å²) in [7, 11) is 0. The van der Waals surface area contributed by atoms with Crippen molar-refractivity contribution < 1.29 is 22.2 Å². The van der Waals surface area contributed by atoms with Gasteiger partial charge in [-0.15, -0.1) is 0 Å². The molecule has 1 aromatic rings. The molecule has 38 heavy (non-hydrogen) atoms. The van der Waals surface area contributed by atoms with Gasteiger partial charge in [0.1, 0.15) is 19.3 Å². The van der Waals surface area contributed by atoms with E-state index in [-0.39, 0.29) is 14.8 Å². The summed E-state index contributed by atoms with van der Waals surface area (Å²) in [4.78, 5) is 12.8. The van der Waals surface area contributed by atoms with Gasteiger partial charge in [-0.3, -0.25) is 4.79 Å². The first-order valence-corrected chi connectivity index (χ1v) is 15.8. The first-order valence-electron chi connectivity index (χ1n) is 15.8. The minimum Gasteiger partial charge on any atom is -0.486 e. The molecule has 0 unspecified atom stereocenters. The molecule has 1 aromatic carbocycles. The molecule has 0 aromatic heterocycles. The van der Waals surface area contributed by atoms with E-state index in [0.29, 0.717) is 43.7 Å². The molecular weight excluding hydrogens is 476 g/mol. The normalized spacial score (nSPS) is 16.9. The lowest BCUT2D eigenvalue weighted by atomic mass is 10.0. The van der Waals surface area contributed by atoms with E-state index in [1.807, 2.05) is 18.2 Å². The highest BCUT2D eigenvalue weighted by Gasteiger charge is 2.26. The van der Waals surface area contributed by atoms with E-state index in [0.717, 1.165) is 18.4 Å². The van der Waals surface area contributed by atoms with Crippen molar-refractivity contribution in [1.29, 1.82) is 0 Å². The molecule has 3 N–H and O–H groups in total. The van der Waals surface area contributed by atoms with Gasteiger partial charge in [0.2, 0.25) is 5.91 Å². The zero-order valence-corrected chi connectivity index (χ0v) is 24.0. The Labute approximate surface area is 234 Å². The molecule has 0 spiro atoms. The number of aliphatic hydroxyl groups is 1. The van der Waals surface area contributed by atoms with Crippen LogP contribution in [0.3, 0.4) is 0 Å². The summed E-state index contributed by atoms with van der Waals surface area (Å²) >= 11 is 0. The average Bonchev–Trinajstić information content (AvgIpc) is 3.46. The van der Waals surface area contributed by atoms with Gasteiger partial charge in [0.15, 0.2) is 11.5 Å². The molecule has 1 heterocycles. The fourth-order valence-corrected chi connectivity index (χ4v) is 5.72. The Kier molecular flexibility index (Phi) is 15.0. The van der Waals surface area contributed by atoms with Crippen molar-refractivity contribution in [2.24, 2.45) is 0 Å². The standard InChI is InChI=1S/C32H54N2O4.2H2/c1-2-3-4-5-6-7-8-9-10-11-12-13-14-19-31(35)34-28(25-33-27-17-15-16-18-27)32(36)26-20-21-29-30(24-26)38-23-22-37-29;;/h20-21,24,27-28,32-33,36H,2-19,22-23,25H2,1H3,(H,34,35);2*1H/t28-,32-;;/m1../s1. The van der Waals surface area contributed by atoms with Crippen molar-refractivity contribution in [2.75, 3.05) is 19.8 Å². The van der Waals surface area contributed by atoms with Crippen LogP contribution in [-0.2, 0) is 4.79 Å². The second-order valence-corrected chi connectivity index (χ2v) is 11.4. The highest BCUT2D eigenvalue weighted by atomic mass is 16.6. The summed E-state index contributed by atoms with van der Waals surface area (Å²) < 4.78 is 11.3. The minimum atomic E-state index is -0.810. The smallest absolute Gasteiger partial charge is 0.220 e. The Hall–Kier alpha value is -1.79. The summed E-state index contributed by atoms with van der Waals surface area (Å²) in [5, 5.41) is 18.0. The third kappa shape index (κ3) is 11.5. The number of amides is 1. The Morgan fingerprint density at radius 3 is 2.11 bits per heavy atom. The number of fused-ring (bicyclic) bond motifs is 1. The van der Waals surface area contributed by atoms with Crippen molar-refractivity contribution in [1.82, 2.24) is 10.6 Å². The van der Waals surface area contributed by atoms with Crippen LogP contribution in [-0.4, -0.2) is 42.9 Å². The van der Waals surface area contributed by atoms with Crippen molar-refractivity contribution in [3.8, 4) is 11.5 Å². The van der Waals surface area contributed by atoms with E-state index in [9.17, 15) is 9.90 Å². The van der Waals surface area contributed by atoms with Crippen molar-refractivity contribution in [3.63, 3.8) is 0 Å². The monoisotopic (exact) mass is 534 g/mol. The fraction of sp³-hybridized carbons (Fsp3) is 0.781. The van der Waals surface area contributed by atoms with Gasteiger partial charge < -0.3 is 25.2 Å². The SMILES string of the molecule is CCCCCCCCCCCCCCCC(=O)N[C@H](CNC1CCCC1)[C@H](O)c1ccc2c(c1)OCCO2.[HH].[HH]. The lowest BCUT2D eigenvalue weighted by molar-refractivity contribution is -0.122. The molecule has 1 amide bonds. The number of aliphatic hydroxyl groups excluding tert-OH is 1. The molecule has 0 saturated heterocycles. The zero-order chi connectivity index (χ0) is 26.8. The Balaban J connectivity index is 0.00000400. The number of hydrogen-bond acceptors (Lipinski definition) is 5. The summed E-state index contributed by atoms with van der Waals surface area (Å²) in [6.07, 6.45) is 21.4. The number of benzene rings is 1. The summed E-state index contributed by atoms with van der Waals surface area (Å²) in [6, 6.07) is 5.67. The largest absolute Gasteiger partial charge is 0.486 e. The van der Waals surface area contributed by atoms with Gasteiger partial charge in [0.25, 0.3) is 0 Å². The van der Waals surface area contributed by atoms with E-state index >= 15 is 0 Å². The van der Waals surface area contributed by atoms with Gasteiger partial charge in [-0.25, -0.2) is 0 Å². The Bertz CT molecular complexity index is 792. The number of ether oxygens (including phenoxy) is 2. The van der Waals surface area contributed by atoms with E-state index in [1.54, 1.807) is 0 Å². The van der Waals surface area contributed by atoms with Crippen LogP contribution in [0.2, 0.25) is 0 Å². The fourth-order valence-electron chi connectivity index (χ4n) is 5.72. The molecule has 220 valence electrons. The molecule has 0 bridgehead atoms. The number of hydrogen-bond donors (Lipinski definition) is 3. The van der Waals surface area contributed by atoms with Crippen LogP contribution in [0.4, 0.5) is 0 Å². The van der Waals surface area contributed by atoms with Crippen LogP contribution in [0, 0.1) is 0 Å². The molecule has 6 heteroatoms. The van der Waals surface area contributed by atoms with Gasteiger partial charge >= 0.3 is 0 Å². The first kappa shape index (κ1) is 30.7. The van der Waals surface area contributed by atoms with Crippen molar-refractivity contribution in [3.05, 3.63) is 23.8 Å². The molecule has 2 aliphatic rings. The summed E-state index contributed by atoms with van der Waals surface area (Å²) in [5.41, 5.74) is 0.744. The summed E-state index contributed by atoms with van der Waals surface area (Å²) in [6.45, 7) is 3.88. The molecule has 0 radical (unpaired) electrons. The predicted octanol–water partition coefficient (Wildman–Crippen LogP) is 7.48. The molecule has 6 nitrogen and oxygen atoms in total. The van der Waals surface area contributed by atoms with E-state index in [4.69, 9.17) is 9.47 Å². The number of unbranched alkanes of at least 4 members (excludes halogenated alkanes) is 12. The van der Waals surface area contributed by atoms with Crippen LogP contribution >= 0.6 is 0 Å². The van der Waals surface area contributed by atoms with Gasteiger partial charge in [0.05, 0.1) is 6.04 Å². The van der Waals surface area contributed by atoms with Crippen molar-refractivity contribution in [2.45, 2.75) is 141 Å². The lowest BCUT2D eigenvalue weighted by Gasteiger charge is -2.27. The highest BCUT2D eigenvalue weighted by Crippen LogP contribution is 2.33. The van der Waals surface area contributed by atoms with Gasteiger partial charge in [0, 0.05) is 21.9 Å². The van der Waals surface area contributed by atoms with E-state index in [1.165, 1.54) is 96.3 Å². The summed E-state index contributed by atoms with van der Waals surface area (Å²) in [5.74, 6) is 1.40. The second kappa shape index (κ2) is 18.5. The zero-order valence-electron chi connectivity index (χ0n) is 24.0. The Morgan fingerprint density at radius 1 is 0.895 bits per heavy atom. The molecule has 2 atom stereocenters. The maximum absolute atomic E-state index is 12.8. The van der Waals surface area contributed by atoms with Gasteiger partial charge in [-0.05, 0) is 37.0 Å². The van der Waals surface area contributed by atoms with Crippen LogP contribution in [0.5, 0.6) is 11.5 Å². The number of carbonyl (C=O) groups is 1. The van der Waals surface area contributed by atoms with Gasteiger partial charge in [-0.1, -0.05) is 103 Å². The molecule has 1 saturated carbocycles. The molecule has 1 fully saturated rings. The lowest BCUT2D eigenvalue weighted by Crippen LogP contribution is -2.47. The third-order valence-corrected chi connectivity index (χ3v) is 8.12. The highest BCUT2D eigenvalue weighted by molar-refractivity contribution is 5.76. The average molecular weight is 535 g/mol. The maximum Gasteiger partial charge on any atom is 0.220 e. The van der Waals surface area contributed by atoms with E-state index < -0.39 is 6.10 Å². The Morgan fingerprint density at radius 2 is 1.47 bits per heavy atom. The maximum atomic E-state index is 12.8. The number of carbonyl (C=O) groups excluding carboxylic acids is 1. The molecular formula is C32H58N2O4. The predicted molar refractivity (Wildman–Crippen MR) is 159 cm³/mol. The van der Waals surface area contributed by atoms with Crippen LogP contribution in [0.15, 0.2) is 18.2 Å².